The number of furan rings is 1. The van der Waals surface area contributed by atoms with E-state index in [1.54, 1.807) is 6.07 Å². The van der Waals surface area contributed by atoms with Crippen molar-refractivity contribution in [3.05, 3.63) is 59.8 Å². The monoisotopic (exact) mass is 320 g/mol. The van der Waals surface area contributed by atoms with Gasteiger partial charge in [-0.2, -0.15) is 0 Å². The second kappa shape index (κ2) is 8.09. The van der Waals surface area contributed by atoms with Crippen molar-refractivity contribution in [1.82, 2.24) is 10.6 Å². The fourth-order valence-electron chi connectivity index (χ4n) is 1.90. The predicted molar refractivity (Wildman–Crippen MR) is 79.5 cm³/mol. The Morgan fingerprint density at radius 3 is 2.48 bits per heavy atom. The average molecular weight is 320 g/mol. The number of nitrogens with one attached hydrogen (secondary N) is 2. The van der Waals surface area contributed by atoms with Crippen molar-refractivity contribution in [2.75, 3.05) is 6.54 Å². The number of halogens is 1. The van der Waals surface area contributed by atoms with E-state index in [0.717, 1.165) is 0 Å². The van der Waals surface area contributed by atoms with Gasteiger partial charge in [0.2, 0.25) is 0 Å². The van der Waals surface area contributed by atoms with Crippen LogP contribution in [0.5, 0.6) is 0 Å². The van der Waals surface area contributed by atoms with E-state index >= 15 is 0 Å². The maximum absolute atomic E-state index is 12.7. The van der Waals surface area contributed by atoms with Gasteiger partial charge in [-0.3, -0.25) is 9.59 Å². The molecule has 7 heteroatoms. The molecule has 1 heterocycles. The van der Waals surface area contributed by atoms with Crippen molar-refractivity contribution < 1.29 is 23.5 Å². The summed E-state index contributed by atoms with van der Waals surface area (Å²) in [6.45, 7) is 0.277. The highest BCUT2D eigenvalue weighted by molar-refractivity contribution is 6.35. The zero-order chi connectivity index (χ0) is 16.7. The van der Waals surface area contributed by atoms with Crippen LogP contribution in [0, 0.1) is 5.82 Å². The molecule has 0 saturated heterocycles. The molecule has 6 nitrogen and oxygen atoms in total. The highest BCUT2D eigenvalue weighted by Crippen LogP contribution is 2.15. The normalized spacial score (nSPS) is 11.7. The molecule has 0 aliphatic rings. The number of benzene rings is 1. The number of rotatable bonds is 6. The number of aliphatic hydroxyl groups is 1. The number of carbonyl (C=O) groups is 2. The van der Waals surface area contributed by atoms with E-state index in [-0.39, 0.29) is 25.3 Å². The summed E-state index contributed by atoms with van der Waals surface area (Å²) in [6, 6.07) is 7.23. The molecule has 1 aromatic carbocycles. The van der Waals surface area contributed by atoms with Crippen LogP contribution >= 0.6 is 0 Å². The second-order valence-electron chi connectivity index (χ2n) is 4.93. The van der Waals surface area contributed by atoms with Crippen molar-refractivity contribution in [2.24, 2.45) is 0 Å². The Morgan fingerprint density at radius 2 is 1.83 bits per heavy atom. The van der Waals surface area contributed by atoms with Gasteiger partial charge in [-0.15, -0.1) is 0 Å². The van der Waals surface area contributed by atoms with E-state index in [9.17, 15) is 19.1 Å². The van der Waals surface area contributed by atoms with Gasteiger partial charge in [0.25, 0.3) is 0 Å². The van der Waals surface area contributed by atoms with E-state index in [1.165, 1.54) is 36.8 Å². The van der Waals surface area contributed by atoms with Crippen LogP contribution in [-0.2, 0) is 16.1 Å². The summed E-state index contributed by atoms with van der Waals surface area (Å²) in [7, 11) is 0. The van der Waals surface area contributed by atoms with Gasteiger partial charge in [-0.25, -0.2) is 4.39 Å². The maximum atomic E-state index is 12.7. The molecule has 2 rings (SSSR count). The fourth-order valence-corrected chi connectivity index (χ4v) is 1.90. The van der Waals surface area contributed by atoms with E-state index in [0.29, 0.717) is 11.1 Å². The number of hydrogen-bond acceptors (Lipinski definition) is 4. The van der Waals surface area contributed by atoms with Gasteiger partial charge < -0.3 is 20.2 Å². The van der Waals surface area contributed by atoms with Crippen LogP contribution in [-0.4, -0.2) is 23.5 Å². The van der Waals surface area contributed by atoms with Crippen LogP contribution in [0.1, 0.15) is 23.7 Å². The highest BCUT2D eigenvalue weighted by atomic mass is 19.1. The molecule has 0 spiro atoms. The van der Waals surface area contributed by atoms with Gasteiger partial charge in [-0.1, -0.05) is 12.1 Å². The molecule has 3 N–H and O–H groups in total. The zero-order valence-electron chi connectivity index (χ0n) is 12.3. The van der Waals surface area contributed by atoms with Crippen LogP contribution in [0.3, 0.4) is 0 Å². The van der Waals surface area contributed by atoms with Gasteiger partial charge >= 0.3 is 11.8 Å². The molecule has 0 saturated carbocycles. The number of carbonyl (C=O) groups excluding carboxylic acids is 2. The molecule has 122 valence electrons. The van der Waals surface area contributed by atoms with E-state index in [2.05, 4.69) is 10.6 Å². The largest absolute Gasteiger partial charge is 0.472 e. The molecule has 1 aromatic heterocycles. The van der Waals surface area contributed by atoms with Crippen molar-refractivity contribution in [2.45, 2.75) is 19.1 Å². The lowest BCUT2D eigenvalue weighted by molar-refractivity contribution is -0.139. The van der Waals surface area contributed by atoms with Crippen LogP contribution in [0.2, 0.25) is 0 Å². The molecule has 0 radical (unpaired) electrons. The van der Waals surface area contributed by atoms with Crippen molar-refractivity contribution in [3.8, 4) is 0 Å². The third kappa shape index (κ3) is 5.23. The molecule has 23 heavy (non-hydrogen) atoms. The second-order valence-corrected chi connectivity index (χ2v) is 4.93. The topological polar surface area (TPSA) is 91.6 Å². The first kappa shape index (κ1) is 16.7. The van der Waals surface area contributed by atoms with E-state index < -0.39 is 17.9 Å². The first-order chi connectivity index (χ1) is 11.1. The Morgan fingerprint density at radius 1 is 1.13 bits per heavy atom. The molecule has 0 unspecified atom stereocenters. The molecule has 1 atom stereocenters. The summed E-state index contributed by atoms with van der Waals surface area (Å²) in [4.78, 5) is 23.2. The van der Waals surface area contributed by atoms with Crippen LogP contribution in [0.4, 0.5) is 4.39 Å². The van der Waals surface area contributed by atoms with Crippen LogP contribution in [0.15, 0.2) is 47.3 Å². The number of aliphatic hydroxyl groups excluding tert-OH is 1. The van der Waals surface area contributed by atoms with Gasteiger partial charge in [0.05, 0.1) is 18.6 Å². The molecule has 0 aliphatic heterocycles. The first-order valence-corrected chi connectivity index (χ1v) is 7.07. The van der Waals surface area contributed by atoms with Gasteiger partial charge in [0, 0.05) is 18.7 Å². The Balaban J connectivity index is 1.68. The zero-order valence-corrected chi connectivity index (χ0v) is 12.3. The number of amides is 2. The first-order valence-electron chi connectivity index (χ1n) is 7.07. The van der Waals surface area contributed by atoms with Gasteiger partial charge in [0.15, 0.2) is 0 Å². The average Bonchev–Trinajstić information content (AvgIpc) is 3.08. The Kier molecular flexibility index (Phi) is 5.87. The fraction of sp³-hybridized carbons (Fsp3) is 0.250. The standard InChI is InChI=1S/C16H17FN2O4/c17-13-3-1-11(2-4-13)9-19-16(22)15(21)18-7-5-14(20)12-6-8-23-10-12/h1-4,6,8,10,14,20H,5,7,9H2,(H,18,21)(H,19,22)/t14-/m1/s1. The molecule has 2 aromatic rings. The van der Waals surface area contributed by atoms with E-state index in [1.807, 2.05) is 0 Å². The van der Waals surface area contributed by atoms with Crippen molar-refractivity contribution in [3.63, 3.8) is 0 Å². The molecule has 2 amide bonds. The lowest BCUT2D eigenvalue weighted by Crippen LogP contribution is -2.40. The van der Waals surface area contributed by atoms with Crippen LogP contribution < -0.4 is 10.6 Å². The van der Waals surface area contributed by atoms with Crippen LogP contribution in [0.25, 0.3) is 0 Å². The van der Waals surface area contributed by atoms with Crippen molar-refractivity contribution >= 4 is 11.8 Å². The highest BCUT2D eigenvalue weighted by Gasteiger charge is 2.14. The third-order valence-electron chi connectivity index (χ3n) is 3.20. The minimum Gasteiger partial charge on any atom is -0.472 e. The maximum Gasteiger partial charge on any atom is 0.309 e. The Labute approximate surface area is 132 Å². The van der Waals surface area contributed by atoms with Gasteiger partial charge in [-0.05, 0) is 30.2 Å². The summed E-state index contributed by atoms with van der Waals surface area (Å²) >= 11 is 0. The molecular formula is C16H17FN2O4. The minimum absolute atomic E-state index is 0.129. The molecule has 0 bridgehead atoms. The molecule has 0 aliphatic carbocycles. The Bertz CT molecular complexity index is 641. The summed E-state index contributed by atoms with van der Waals surface area (Å²) in [5.74, 6) is -1.94. The minimum atomic E-state index is -0.786. The SMILES string of the molecule is O=C(NCC[C@@H](O)c1ccoc1)C(=O)NCc1ccc(F)cc1. The molecular weight excluding hydrogens is 303 g/mol. The lowest BCUT2D eigenvalue weighted by Gasteiger charge is -2.09. The summed E-state index contributed by atoms with van der Waals surface area (Å²) in [5.41, 5.74) is 1.29. The number of hydrogen-bond donors (Lipinski definition) is 3. The van der Waals surface area contributed by atoms with Gasteiger partial charge in [0.1, 0.15) is 5.82 Å². The van der Waals surface area contributed by atoms with E-state index in [4.69, 9.17) is 4.42 Å². The predicted octanol–water partition coefficient (Wildman–Crippen LogP) is 1.27. The molecule has 0 fully saturated rings. The quantitative estimate of drug-likeness (QED) is 0.699. The third-order valence-corrected chi connectivity index (χ3v) is 3.20. The lowest BCUT2D eigenvalue weighted by atomic mass is 10.1. The smallest absolute Gasteiger partial charge is 0.309 e. The summed E-state index contributed by atoms with van der Waals surface area (Å²) < 4.78 is 17.6. The summed E-state index contributed by atoms with van der Waals surface area (Å²) in [6.07, 6.45) is 2.36. The van der Waals surface area contributed by atoms with Crippen molar-refractivity contribution in [1.29, 1.82) is 0 Å². The summed E-state index contributed by atoms with van der Waals surface area (Å²) in [5, 5.41) is 14.6. The Hall–Kier alpha value is -2.67.